The number of ether oxygens (including phenoxy) is 2. The molecule has 0 spiro atoms. The van der Waals surface area contributed by atoms with Crippen molar-refractivity contribution in [3.8, 4) is 6.01 Å². The fourth-order valence-electron chi connectivity index (χ4n) is 2.08. The molecule has 0 aromatic carbocycles. The Morgan fingerprint density at radius 1 is 1.45 bits per heavy atom. The second-order valence-electron chi connectivity index (χ2n) is 4.86. The third-order valence-electron chi connectivity index (χ3n) is 3.20. The van der Waals surface area contributed by atoms with Crippen molar-refractivity contribution in [1.29, 1.82) is 0 Å². The molecule has 7 nitrogen and oxygen atoms in total. The van der Waals surface area contributed by atoms with Crippen LogP contribution in [0.3, 0.4) is 0 Å². The van der Waals surface area contributed by atoms with Gasteiger partial charge in [-0.05, 0) is 12.8 Å². The van der Waals surface area contributed by atoms with E-state index in [1.807, 2.05) is 19.0 Å². The van der Waals surface area contributed by atoms with Gasteiger partial charge in [-0.15, -0.1) is 0 Å². The zero-order valence-corrected chi connectivity index (χ0v) is 12.0. The molecule has 2 heterocycles. The number of carbonyl (C=O) groups excluding carboxylic acids is 1. The van der Waals surface area contributed by atoms with E-state index in [-0.39, 0.29) is 17.8 Å². The largest absolute Gasteiger partial charge is 0.467 e. The maximum absolute atomic E-state index is 12.2. The average Bonchev–Trinajstić information content (AvgIpc) is 2.48. The number of methoxy groups -OCH3 is 1. The molecule has 1 saturated heterocycles. The number of amides is 1. The smallest absolute Gasteiger partial charge is 0.318 e. The first kappa shape index (κ1) is 14.5. The first-order chi connectivity index (χ1) is 9.61. The first-order valence-electron chi connectivity index (χ1n) is 6.58. The molecule has 0 radical (unpaired) electrons. The highest BCUT2D eigenvalue weighted by atomic mass is 16.5. The second-order valence-corrected chi connectivity index (χ2v) is 4.86. The van der Waals surface area contributed by atoms with Crippen molar-refractivity contribution >= 4 is 17.4 Å². The molecule has 0 bridgehead atoms. The monoisotopic (exact) mass is 280 g/mol. The Balaban J connectivity index is 2.13. The van der Waals surface area contributed by atoms with Crippen molar-refractivity contribution in [2.45, 2.75) is 12.8 Å². The Hall–Kier alpha value is -1.89. The molecule has 1 aliphatic heterocycles. The first-order valence-corrected chi connectivity index (χ1v) is 6.58. The van der Waals surface area contributed by atoms with E-state index < -0.39 is 0 Å². The standard InChI is InChI=1S/C13H20N4O3/c1-17(2)11-10(8-14-13(16-11)19-3)15-12(18)9-4-6-20-7-5-9/h8-9H,4-7H2,1-3H3,(H,15,18). The maximum atomic E-state index is 12.2. The van der Waals surface area contributed by atoms with Gasteiger partial charge >= 0.3 is 6.01 Å². The minimum Gasteiger partial charge on any atom is -0.467 e. The van der Waals surface area contributed by atoms with Crippen molar-refractivity contribution in [2.75, 3.05) is 44.6 Å². The van der Waals surface area contributed by atoms with E-state index in [4.69, 9.17) is 9.47 Å². The Kier molecular flexibility index (Phi) is 4.73. The van der Waals surface area contributed by atoms with Gasteiger partial charge in [-0.2, -0.15) is 4.98 Å². The summed E-state index contributed by atoms with van der Waals surface area (Å²) in [5, 5.41) is 2.90. The molecule has 1 fully saturated rings. The second kappa shape index (κ2) is 6.51. The van der Waals surface area contributed by atoms with Crippen molar-refractivity contribution in [3.05, 3.63) is 6.20 Å². The van der Waals surface area contributed by atoms with Gasteiger partial charge in [0, 0.05) is 33.2 Å². The van der Waals surface area contributed by atoms with Crippen LogP contribution in [0.5, 0.6) is 6.01 Å². The normalized spacial score (nSPS) is 15.8. The molecule has 1 N–H and O–H groups in total. The van der Waals surface area contributed by atoms with Crippen LogP contribution in [0.15, 0.2) is 6.20 Å². The molecule has 7 heteroatoms. The van der Waals surface area contributed by atoms with Crippen LogP contribution in [-0.4, -0.2) is 50.3 Å². The van der Waals surface area contributed by atoms with Crippen LogP contribution in [0.2, 0.25) is 0 Å². The molecular formula is C13H20N4O3. The predicted molar refractivity (Wildman–Crippen MR) is 75.1 cm³/mol. The topological polar surface area (TPSA) is 76.6 Å². The zero-order chi connectivity index (χ0) is 14.5. The summed E-state index contributed by atoms with van der Waals surface area (Å²) in [7, 11) is 5.22. The highest BCUT2D eigenvalue weighted by molar-refractivity contribution is 5.95. The lowest BCUT2D eigenvalue weighted by atomic mass is 9.99. The van der Waals surface area contributed by atoms with Crippen molar-refractivity contribution in [2.24, 2.45) is 5.92 Å². The van der Waals surface area contributed by atoms with Crippen LogP contribution in [0.1, 0.15) is 12.8 Å². The van der Waals surface area contributed by atoms with Gasteiger partial charge in [0.25, 0.3) is 0 Å². The van der Waals surface area contributed by atoms with Crippen LogP contribution in [0.4, 0.5) is 11.5 Å². The summed E-state index contributed by atoms with van der Waals surface area (Å²) >= 11 is 0. The van der Waals surface area contributed by atoms with Crippen LogP contribution in [-0.2, 0) is 9.53 Å². The minimum atomic E-state index is -0.0131. The molecule has 0 unspecified atom stereocenters. The quantitative estimate of drug-likeness (QED) is 0.883. The number of aromatic nitrogens is 2. The van der Waals surface area contributed by atoms with Gasteiger partial charge in [0.2, 0.25) is 5.91 Å². The summed E-state index contributed by atoms with van der Waals surface area (Å²) < 4.78 is 10.3. The number of hydrogen-bond acceptors (Lipinski definition) is 6. The van der Waals surface area contributed by atoms with E-state index in [9.17, 15) is 4.79 Å². The Morgan fingerprint density at radius 2 is 2.15 bits per heavy atom. The number of anilines is 2. The summed E-state index contributed by atoms with van der Waals surface area (Å²) in [5.41, 5.74) is 0.590. The lowest BCUT2D eigenvalue weighted by molar-refractivity contribution is -0.122. The molecule has 0 aliphatic carbocycles. The molecule has 1 amide bonds. The van der Waals surface area contributed by atoms with Crippen LogP contribution in [0.25, 0.3) is 0 Å². The highest BCUT2D eigenvalue weighted by Gasteiger charge is 2.23. The Labute approximate surface area is 118 Å². The Morgan fingerprint density at radius 3 is 2.75 bits per heavy atom. The number of nitrogens with zero attached hydrogens (tertiary/aromatic N) is 3. The third kappa shape index (κ3) is 3.36. The number of rotatable bonds is 4. The van der Waals surface area contributed by atoms with Crippen LogP contribution < -0.4 is 15.0 Å². The van der Waals surface area contributed by atoms with Gasteiger partial charge in [-0.3, -0.25) is 4.79 Å². The van der Waals surface area contributed by atoms with E-state index in [1.54, 1.807) is 6.20 Å². The van der Waals surface area contributed by atoms with E-state index in [2.05, 4.69) is 15.3 Å². The molecular weight excluding hydrogens is 260 g/mol. The van der Waals surface area contributed by atoms with Gasteiger partial charge in [0.1, 0.15) is 5.69 Å². The zero-order valence-electron chi connectivity index (χ0n) is 12.0. The van der Waals surface area contributed by atoms with Crippen molar-refractivity contribution in [1.82, 2.24) is 9.97 Å². The molecule has 0 atom stereocenters. The summed E-state index contributed by atoms with van der Waals surface area (Å²) in [4.78, 5) is 22.3. The van der Waals surface area contributed by atoms with Gasteiger partial charge in [-0.25, -0.2) is 4.98 Å². The minimum absolute atomic E-state index is 0.00910. The van der Waals surface area contributed by atoms with Crippen molar-refractivity contribution in [3.63, 3.8) is 0 Å². The third-order valence-corrected chi connectivity index (χ3v) is 3.20. The SMILES string of the molecule is COc1ncc(NC(=O)C2CCOCC2)c(N(C)C)n1. The van der Waals surface area contributed by atoms with E-state index in [0.717, 1.165) is 12.8 Å². The molecule has 1 aromatic heterocycles. The van der Waals surface area contributed by atoms with Gasteiger partial charge in [0.15, 0.2) is 5.82 Å². The van der Waals surface area contributed by atoms with E-state index in [0.29, 0.717) is 24.7 Å². The lowest BCUT2D eigenvalue weighted by Gasteiger charge is -2.22. The lowest BCUT2D eigenvalue weighted by Crippen LogP contribution is -2.29. The average molecular weight is 280 g/mol. The van der Waals surface area contributed by atoms with Gasteiger partial charge < -0.3 is 19.7 Å². The molecule has 110 valence electrons. The number of nitrogens with one attached hydrogen (secondary N) is 1. The number of carbonyl (C=O) groups is 1. The summed E-state index contributed by atoms with van der Waals surface area (Å²) in [6.07, 6.45) is 3.07. The summed E-state index contributed by atoms with van der Waals surface area (Å²) in [5.74, 6) is 0.600. The van der Waals surface area contributed by atoms with Crippen molar-refractivity contribution < 1.29 is 14.3 Å². The van der Waals surface area contributed by atoms with Crippen LogP contribution >= 0.6 is 0 Å². The molecule has 0 saturated carbocycles. The maximum Gasteiger partial charge on any atom is 0.318 e. The Bertz CT molecular complexity index is 473. The molecule has 1 aromatic rings. The van der Waals surface area contributed by atoms with Crippen LogP contribution in [0, 0.1) is 5.92 Å². The predicted octanol–water partition coefficient (Wildman–Crippen LogP) is 0.916. The van der Waals surface area contributed by atoms with Gasteiger partial charge in [0.05, 0.1) is 13.3 Å². The summed E-state index contributed by atoms with van der Waals surface area (Å²) in [6, 6.07) is 0.276. The molecule has 20 heavy (non-hydrogen) atoms. The highest BCUT2D eigenvalue weighted by Crippen LogP contribution is 2.25. The van der Waals surface area contributed by atoms with E-state index >= 15 is 0 Å². The summed E-state index contributed by atoms with van der Waals surface area (Å²) in [6.45, 7) is 1.27. The molecule has 2 rings (SSSR count). The van der Waals surface area contributed by atoms with Gasteiger partial charge in [-0.1, -0.05) is 0 Å². The molecule has 1 aliphatic rings. The fourth-order valence-corrected chi connectivity index (χ4v) is 2.08. The fraction of sp³-hybridized carbons (Fsp3) is 0.615. The number of hydrogen-bond donors (Lipinski definition) is 1. The van der Waals surface area contributed by atoms with E-state index in [1.165, 1.54) is 7.11 Å².